The average molecular weight is 290 g/mol. The maximum atomic E-state index is 6.38. The highest BCUT2D eigenvalue weighted by Crippen LogP contribution is 2.25. The molecule has 0 saturated heterocycles. The van der Waals surface area contributed by atoms with Crippen molar-refractivity contribution in [2.45, 2.75) is 19.9 Å². The molecule has 2 heterocycles. The molecule has 0 radical (unpaired) electrons. The highest BCUT2D eigenvalue weighted by molar-refractivity contribution is 6.31. The number of aromatic nitrogens is 4. The molecule has 3 rings (SSSR count). The summed E-state index contributed by atoms with van der Waals surface area (Å²) in [5.41, 5.74) is 8.80. The third-order valence-electron chi connectivity index (χ3n) is 3.49. The molecule has 6 heteroatoms. The zero-order chi connectivity index (χ0) is 14.3. The van der Waals surface area contributed by atoms with Crippen molar-refractivity contribution < 1.29 is 0 Å². The number of nitrogens with zero attached hydrogens (tertiary/aromatic N) is 4. The quantitative estimate of drug-likeness (QED) is 0.806. The first kappa shape index (κ1) is 13.0. The Hall–Kier alpha value is -2.01. The third kappa shape index (κ3) is 1.94. The second kappa shape index (κ2) is 4.83. The molecule has 0 amide bonds. The van der Waals surface area contributed by atoms with E-state index in [-0.39, 0.29) is 0 Å². The summed E-state index contributed by atoms with van der Waals surface area (Å²) in [4.78, 5) is 0. The molecule has 0 spiro atoms. The lowest BCUT2D eigenvalue weighted by Crippen LogP contribution is -2.07. The highest BCUT2D eigenvalue weighted by atomic mass is 35.5. The molecule has 20 heavy (non-hydrogen) atoms. The van der Waals surface area contributed by atoms with Gasteiger partial charge in [0.25, 0.3) is 0 Å². The molecule has 5 nitrogen and oxygen atoms in total. The lowest BCUT2D eigenvalue weighted by molar-refractivity contribution is 0.632. The van der Waals surface area contributed by atoms with E-state index in [0.717, 1.165) is 28.7 Å². The van der Waals surface area contributed by atoms with Crippen molar-refractivity contribution in [1.29, 1.82) is 0 Å². The van der Waals surface area contributed by atoms with Crippen LogP contribution in [0.5, 0.6) is 0 Å². The van der Waals surface area contributed by atoms with Crippen molar-refractivity contribution in [3.8, 4) is 0 Å². The average Bonchev–Trinajstić information content (AvgIpc) is 2.91. The molecular weight excluding hydrogens is 274 g/mol. The van der Waals surface area contributed by atoms with Crippen LogP contribution in [0.2, 0.25) is 5.02 Å². The zero-order valence-corrected chi connectivity index (χ0v) is 12.2. The minimum Gasteiger partial charge on any atom is -0.382 e. The van der Waals surface area contributed by atoms with Crippen LogP contribution in [0.4, 0.5) is 5.82 Å². The van der Waals surface area contributed by atoms with Gasteiger partial charge in [-0.25, -0.2) is 0 Å². The lowest BCUT2D eigenvalue weighted by atomic mass is 10.2. The molecule has 0 saturated carbocycles. The van der Waals surface area contributed by atoms with E-state index in [1.165, 1.54) is 0 Å². The molecule has 0 fully saturated rings. The Kier molecular flexibility index (Phi) is 3.14. The van der Waals surface area contributed by atoms with Crippen LogP contribution in [0.3, 0.4) is 0 Å². The monoisotopic (exact) mass is 289 g/mol. The number of nitrogen functional groups attached to an aromatic ring is 1. The third-order valence-corrected chi connectivity index (χ3v) is 3.93. The molecular formula is C14H16ClN5. The summed E-state index contributed by atoms with van der Waals surface area (Å²) >= 11 is 6.38. The van der Waals surface area contributed by atoms with Gasteiger partial charge in [0.1, 0.15) is 0 Å². The first-order chi connectivity index (χ1) is 9.61. The fraction of sp³-hybridized carbons (Fsp3) is 0.286. The number of halogens is 1. The Morgan fingerprint density at radius 3 is 2.70 bits per heavy atom. The predicted octanol–water partition coefficient (Wildman–Crippen LogP) is 2.62. The van der Waals surface area contributed by atoms with Crippen LogP contribution in [0, 0.1) is 0 Å². The van der Waals surface area contributed by atoms with Crippen molar-refractivity contribution in [2.75, 3.05) is 5.73 Å². The summed E-state index contributed by atoms with van der Waals surface area (Å²) in [6.45, 7) is 2.60. The first-order valence-corrected chi connectivity index (χ1v) is 6.91. The Morgan fingerprint density at radius 2 is 2.00 bits per heavy atom. The number of aryl methyl sites for hydroxylation is 2. The normalized spacial score (nSPS) is 11.3. The van der Waals surface area contributed by atoms with Gasteiger partial charge < -0.3 is 5.73 Å². The van der Waals surface area contributed by atoms with E-state index >= 15 is 0 Å². The number of hydrogen-bond donors (Lipinski definition) is 1. The molecule has 104 valence electrons. The van der Waals surface area contributed by atoms with Crippen molar-refractivity contribution in [3.63, 3.8) is 0 Å². The summed E-state index contributed by atoms with van der Waals surface area (Å²) in [5, 5.41) is 10.5. The van der Waals surface area contributed by atoms with Gasteiger partial charge in [0.15, 0.2) is 5.82 Å². The van der Waals surface area contributed by atoms with Gasteiger partial charge in [-0.3, -0.25) is 9.36 Å². The molecule has 1 aromatic carbocycles. The Labute approximate surface area is 121 Å². The van der Waals surface area contributed by atoms with E-state index in [2.05, 4.69) is 10.2 Å². The maximum absolute atomic E-state index is 6.38. The van der Waals surface area contributed by atoms with Crippen molar-refractivity contribution in [1.82, 2.24) is 19.6 Å². The minimum atomic E-state index is 0.537. The summed E-state index contributed by atoms with van der Waals surface area (Å²) in [6.07, 6.45) is 0.814. The van der Waals surface area contributed by atoms with E-state index in [9.17, 15) is 0 Å². The second-order valence-electron chi connectivity index (χ2n) is 4.74. The summed E-state index contributed by atoms with van der Waals surface area (Å²) in [7, 11) is 1.90. The largest absolute Gasteiger partial charge is 0.382 e. The molecule has 2 aromatic heterocycles. The Morgan fingerprint density at radius 1 is 1.25 bits per heavy atom. The van der Waals surface area contributed by atoms with E-state index in [1.807, 2.05) is 47.6 Å². The van der Waals surface area contributed by atoms with Gasteiger partial charge in [0.2, 0.25) is 0 Å². The van der Waals surface area contributed by atoms with Gasteiger partial charge >= 0.3 is 0 Å². The summed E-state index contributed by atoms with van der Waals surface area (Å²) < 4.78 is 3.68. The van der Waals surface area contributed by atoms with Gasteiger partial charge in [0.05, 0.1) is 28.5 Å². The van der Waals surface area contributed by atoms with Crippen molar-refractivity contribution >= 4 is 28.3 Å². The minimum absolute atomic E-state index is 0.537. The fourth-order valence-corrected chi connectivity index (χ4v) is 2.76. The van der Waals surface area contributed by atoms with E-state index < -0.39 is 0 Å². The van der Waals surface area contributed by atoms with Crippen LogP contribution in [-0.2, 0) is 20.0 Å². The van der Waals surface area contributed by atoms with Crippen LogP contribution in [0.25, 0.3) is 10.9 Å². The Bertz CT molecular complexity index is 771. The summed E-state index contributed by atoms with van der Waals surface area (Å²) in [6, 6.07) is 7.90. The van der Waals surface area contributed by atoms with Gasteiger partial charge in [-0.05, 0) is 18.6 Å². The number of rotatable bonds is 3. The number of anilines is 1. The number of fused-ring (bicyclic) bond motifs is 1. The van der Waals surface area contributed by atoms with E-state index in [1.54, 1.807) is 0 Å². The van der Waals surface area contributed by atoms with Crippen LogP contribution in [0.1, 0.15) is 18.3 Å². The number of benzene rings is 1. The second-order valence-corrected chi connectivity index (χ2v) is 5.12. The number of para-hydroxylation sites is 1. The predicted molar refractivity (Wildman–Crippen MR) is 80.8 cm³/mol. The topological polar surface area (TPSA) is 61.7 Å². The molecule has 0 aliphatic carbocycles. The van der Waals surface area contributed by atoms with Crippen LogP contribution < -0.4 is 5.73 Å². The van der Waals surface area contributed by atoms with Gasteiger partial charge in [0, 0.05) is 12.4 Å². The van der Waals surface area contributed by atoms with Crippen molar-refractivity contribution in [3.05, 3.63) is 40.7 Å². The van der Waals surface area contributed by atoms with Crippen LogP contribution >= 0.6 is 11.6 Å². The Balaban J connectivity index is 2.08. The molecule has 3 aromatic rings. The maximum Gasteiger partial charge on any atom is 0.153 e. The van der Waals surface area contributed by atoms with Gasteiger partial charge in [-0.15, -0.1) is 0 Å². The van der Waals surface area contributed by atoms with Gasteiger partial charge in [-0.2, -0.15) is 10.2 Å². The standard InChI is InChI=1S/C14H16ClN5/c1-3-10-13(15)12(19(2)17-10)8-20-11-7-5-4-6-9(11)14(16)18-20/h4-7H,3,8H2,1-2H3,(H2,16,18). The summed E-state index contributed by atoms with van der Waals surface area (Å²) in [5.74, 6) is 0.537. The molecule has 0 atom stereocenters. The number of hydrogen-bond acceptors (Lipinski definition) is 3. The molecule has 0 unspecified atom stereocenters. The van der Waals surface area contributed by atoms with Crippen molar-refractivity contribution in [2.24, 2.45) is 7.05 Å². The molecule has 0 aliphatic rings. The molecule has 0 bridgehead atoms. The van der Waals surface area contributed by atoms with Crippen LogP contribution in [0.15, 0.2) is 24.3 Å². The fourth-order valence-electron chi connectivity index (χ4n) is 2.41. The number of nitrogens with two attached hydrogens (primary N) is 1. The van der Waals surface area contributed by atoms with Gasteiger partial charge in [-0.1, -0.05) is 30.7 Å². The SMILES string of the molecule is CCc1nn(C)c(Cn2nc(N)c3ccccc32)c1Cl. The highest BCUT2D eigenvalue weighted by Gasteiger charge is 2.15. The van der Waals surface area contributed by atoms with Crippen LogP contribution in [-0.4, -0.2) is 19.6 Å². The first-order valence-electron chi connectivity index (χ1n) is 6.53. The molecule has 0 aliphatic heterocycles. The lowest BCUT2D eigenvalue weighted by Gasteiger charge is -2.04. The van der Waals surface area contributed by atoms with E-state index in [0.29, 0.717) is 17.4 Å². The molecule has 2 N–H and O–H groups in total. The smallest absolute Gasteiger partial charge is 0.153 e. The van der Waals surface area contributed by atoms with E-state index in [4.69, 9.17) is 17.3 Å². The zero-order valence-electron chi connectivity index (χ0n) is 11.5.